The van der Waals surface area contributed by atoms with Gasteiger partial charge in [0.25, 0.3) is 0 Å². The SMILES string of the molecule is P.[S]=[Ag].[Zn]. The summed E-state index contributed by atoms with van der Waals surface area (Å²) in [6, 6.07) is 0. The predicted octanol–water partition coefficient (Wildman–Crippen LogP) is 0.701. The van der Waals surface area contributed by atoms with E-state index in [1.165, 1.54) is 0 Å². The van der Waals surface area contributed by atoms with Gasteiger partial charge < -0.3 is 0 Å². The molecule has 1 unspecified atom stereocenters. The smallest absolute Gasteiger partial charge is 0 e. The Morgan fingerprint density at radius 1 is 1.25 bits per heavy atom. The van der Waals surface area contributed by atoms with Crippen molar-refractivity contribution < 1.29 is 38.7 Å². The van der Waals surface area contributed by atoms with Crippen molar-refractivity contribution in [2.24, 2.45) is 0 Å². The van der Waals surface area contributed by atoms with Gasteiger partial charge in [0.15, 0.2) is 0 Å². The maximum Gasteiger partial charge on any atom is 0 e. The molecule has 0 heterocycles. The average Bonchev–Trinajstić information content (AvgIpc) is 1.00. The largest absolute Gasteiger partial charge is 0 e. The molecule has 0 spiro atoms. The van der Waals surface area contributed by atoms with Crippen molar-refractivity contribution in [3.63, 3.8) is 0 Å². The maximum atomic E-state index is 3.89. The molecule has 0 aliphatic carbocycles. The van der Waals surface area contributed by atoms with Crippen LogP contribution in [0.1, 0.15) is 0 Å². The van der Waals surface area contributed by atoms with Crippen molar-refractivity contribution in [2.45, 2.75) is 0 Å². The van der Waals surface area contributed by atoms with Gasteiger partial charge in [-0.25, -0.2) is 0 Å². The minimum atomic E-state index is 0. The Labute approximate surface area is 57.7 Å². The topological polar surface area (TPSA) is 0 Å². The van der Waals surface area contributed by atoms with E-state index in [4.69, 9.17) is 0 Å². The fourth-order valence-corrected chi connectivity index (χ4v) is 0. The van der Waals surface area contributed by atoms with Gasteiger partial charge in [0.2, 0.25) is 0 Å². The van der Waals surface area contributed by atoms with Crippen LogP contribution >= 0.6 is 19.5 Å². The molecular weight excluding hydrogens is 236 g/mol. The van der Waals surface area contributed by atoms with Crippen molar-refractivity contribution in [3.05, 3.63) is 0 Å². The molecule has 0 aromatic carbocycles. The van der Waals surface area contributed by atoms with E-state index in [9.17, 15) is 0 Å². The molecule has 0 bridgehead atoms. The molecule has 0 nitrogen and oxygen atoms in total. The van der Waals surface area contributed by atoms with Crippen LogP contribution in [0.3, 0.4) is 0 Å². The van der Waals surface area contributed by atoms with Gasteiger partial charge in [0.1, 0.15) is 0 Å². The molecule has 0 amide bonds. The van der Waals surface area contributed by atoms with Crippen LogP contribution in [0.25, 0.3) is 0 Å². The van der Waals surface area contributed by atoms with E-state index in [1.54, 1.807) is 0 Å². The second-order valence-corrected chi connectivity index (χ2v) is 0. The van der Waals surface area contributed by atoms with Crippen molar-refractivity contribution in [2.75, 3.05) is 0 Å². The Morgan fingerprint density at radius 2 is 1.25 bits per heavy atom. The fourth-order valence-electron chi connectivity index (χ4n) is 0. The van der Waals surface area contributed by atoms with Crippen molar-refractivity contribution in [1.29, 1.82) is 0 Å². The van der Waals surface area contributed by atoms with Gasteiger partial charge in [-0.2, -0.15) is 9.90 Å². The Hall–Kier alpha value is 2.01. The molecule has 0 aliphatic rings. The van der Waals surface area contributed by atoms with Crippen LogP contribution < -0.4 is 0 Å². The Balaban J connectivity index is -0.00000000500. The molecule has 4 heteroatoms. The van der Waals surface area contributed by atoms with Crippen LogP contribution in [0.4, 0.5) is 0 Å². The van der Waals surface area contributed by atoms with Crippen LogP contribution in [0.15, 0.2) is 0 Å². The van der Waals surface area contributed by atoms with Crippen LogP contribution in [-0.4, -0.2) is 0 Å². The number of hydrogen-bond acceptors (Lipinski definition) is 1. The molecule has 1 atom stereocenters. The summed E-state index contributed by atoms with van der Waals surface area (Å²) in [7, 11) is 3.89. The molecule has 0 saturated heterocycles. The summed E-state index contributed by atoms with van der Waals surface area (Å²) in [5.74, 6) is 0. The Bertz CT molecular complexity index is 8.00. The third-order valence-electron chi connectivity index (χ3n) is 0. The predicted molar refractivity (Wildman–Crippen MR) is 18.7 cm³/mol. The van der Waals surface area contributed by atoms with E-state index in [-0.39, 0.29) is 29.4 Å². The van der Waals surface area contributed by atoms with Crippen molar-refractivity contribution >= 4 is 19.5 Å². The van der Waals surface area contributed by atoms with Gasteiger partial charge in [-0.05, 0) is 0 Å². The standard InChI is InChI=1S/Ag.H3P.S.Zn/h;1H3;;. The third-order valence-corrected chi connectivity index (χ3v) is 0. The maximum absolute atomic E-state index is 3.89. The quantitative estimate of drug-likeness (QED) is 0.443. The molecule has 0 rings (SSSR count). The zero-order valence-corrected chi connectivity index (χ0v) is 8.80. The molecule has 0 aromatic heterocycles. The molecule has 0 aliphatic heterocycles. The fraction of sp³-hybridized carbons (Fsp3) is 0. The minimum Gasteiger partial charge on any atom is 0 e. The summed E-state index contributed by atoms with van der Waals surface area (Å²) in [4.78, 5) is 0. The van der Waals surface area contributed by atoms with E-state index in [1.807, 2.05) is 0 Å². The summed E-state index contributed by atoms with van der Waals surface area (Å²) in [5, 5.41) is 0. The summed E-state index contributed by atoms with van der Waals surface area (Å²) in [6.45, 7) is 0. The van der Waals surface area contributed by atoms with Crippen LogP contribution in [0, 0.1) is 0 Å². The van der Waals surface area contributed by atoms with Crippen molar-refractivity contribution in [1.82, 2.24) is 0 Å². The first kappa shape index (κ1) is 16.6. The number of hydrogen-bond donors (Lipinski definition) is 0. The number of rotatable bonds is 0. The third kappa shape index (κ3) is 8.99. The summed E-state index contributed by atoms with van der Waals surface area (Å²) in [6.07, 6.45) is 0. The van der Waals surface area contributed by atoms with E-state index in [2.05, 4.69) is 28.8 Å². The van der Waals surface area contributed by atoms with Gasteiger partial charge in [-0.3, -0.25) is 0 Å². The molecular formula is H3AgPSZn. The normalized spacial score (nSPS) is 1.50. The van der Waals surface area contributed by atoms with Gasteiger partial charge in [0.05, 0.1) is 0 Å². The Kier molecular flexibility index (Phi) is 82.9. The summed E-state index contributed by atoms with van der Waals surface area (Å²) < 4.78 is 0. The summed E-state index contributed by atoms with van der Waals surface area (Å²) >= 11 is 2.53. The van der Waals surface area contributed by atoms with Gasteiger partial charge >= 0.3 is 28.8 Å². The van der Waals surface area contributed by atoms with Gasteiger partial charge in [0, 0.05) is 19.5 Å². The monoisotopic (exact) mass is 237 g/mol. The van der Waals surface area contributed by atoms with Crippen LogP contribution in [-0.2, 0) is 38.7 Å². The summed E-state index contributed by atoms with van der Waals surface area (Å²) in [5.41, 5.74) is 0. The molecule has 0 aromatic rings. The second-order valence-electron chi connectivity index (χ2n) is 0. The molecule has 0 N–H and O–H groups in total. The molecule has 27 valence electrons. The first-order valence-electron chi connectivity index (χ1n) is 0.123. The van der Waals surface area contributed by atoms with E-state index < -0.39 is 0 Å². The minimum absolute atomic E-state index is 0. The zero-order chi connectivity index (χ0) is 2.00. The average molecular weight is 239 g/mol. The van der Waals surface area contributed by atoms with E-state index in [0.29, 0.717) is 0 Å². The van der Waals surface area contributed by atoms with E-state index in [0.717, 1.165) is 0 Å². The van der Waals surface area contributed by atoms with Crippen LogP contribution in [0.2, 0.25) is 0 Å². The zero-order valence-electron chi connectivity index (χ0n) is 2.12. The first-order valence-corrected chi connectivity index (χ1v) is 2.18. The molecule has 0 saturated carbocycles. The van der Waals surface area contributed by atoms with Gasteiger partial charge in [-0.1, -0.05) is 0 Å². The first-order chi connectivity index (χ1) is 1.00. The van der Waals surface area contributed by atoms with Crippen LogP contribution in [0.5, 0.6) is 0 Å². The molecule has 0 radical (unpaired) electrons. The Morgan fingerprint density at radius 3 is 1.25 bits per heavy atom. The van der Waals surface area contributed by atoms with Gasteiger partial charge in [-0.15, -0.1) is 0 Å². The second kappa shape index (κ2) is 19.9. The molecule has 0 fully saturated rings. The molecule has 4 heavy (non-hydrogen) atoms. The van der Waals surface area contributed by atoms with Crippen molar-refractivity contribution in [3.8, 4) is 0 Å². The van der Waals surface area contributed by atoms with E-state index >= 15 is 0 Å².